The zero-order valence-electron chi connectivity index (χ0n) is 9.90. The third-order valence-electron chi connectivity index (χ3n) is 2.62. The summed E-state index contributed by atoms with van der Waals surface area (Å²) in [5.74, 6) is 0.825. The minimum absolute atomic E-state index is 0.297. The SMILES string of the molecule is CCN(C)CCNc1nc(Cl)nc2sccc12. The third kappa shape index (κ3) is 3.06. The van der Waals surface area contributed by atoms with Crippen LogP contribution in [0.4, 0.5) is 5.82 Å². The molecule has 0 bridgehead atoms. The summed E-state index contributed by atoms with van der Waals surface area (Å²) in [6, 6.07) is 2.02. The van der Waals surface area contributed by atoms with E-state index in [9.17, 15) is 0 Å². The van der Waals surface area contributed by atoms with Gasteiger partial charge in [-0.25, -0.2) is 9.97 Å². The molecule has 2 aromatic rings. The van der Waals surface area contributed by atoms with Crippen LogP contribution in [-0.4, -0.2) is 41.5 Å². The number of fused-ring (bicyclic) bond motifs is 1. The number of rotatable bonds is 5. The predicted molar refractivity (Wildman–Crippen MR) is 74.1 cm³/mol. The summed E-state index contributed by atoms with van der Waals surface area (Å²) in [7, 11) is 2.09. The van der Waals surface area contributed by atoms with Crippen LogP contribution in [0.25, 0.3) is 10.2 Å². The Balaban J connectivity index is 2.09. The molecule has 4 nitrogen and oxygen atoms in total. The van der Waals surface area contributed by atoms with E-state index in [1.54, 1.807) is 11.3 Å². The Bertz CT molecular complexity index is 499. The van der Waals surface area contributed by atoms with Crippen LogP contribution in [0.2, 0.25) is 5.28 Å². The lowest BCUT2D eigenvalue weighted by Crippen LogP contribution is -2.25. The van der Waals surface area contributed by atoms with Gasteiger partial charge < -0.3 is 10.2 Å². The molecule has 0 spiro atoms. The minimum Gasteiger partial charge on any atom is -0.368 e. The Kier molecular flexibility index (Phi) is 4.15. The number of likely N-dealkylation sites (N-methyl/N-ethyl adjacent to an activating group) is 1. The highest BCUT2D eigenvalue weighted by Crippen LogP contribution is 2.26. The fourth-order valence-electron chi connectivity index (χ4n) is 1.49. The van der Waals surface area contributed by atoms with Gasteiger partial charge in [-0.15, -0.1) is 11.3 Å². The second kappa shape index (κ2) is 5.62. The molecule has 6 heteroatoms. The molecule has 0 atom stereocenters. The fourth-order valence-corrected chi connectivity index (χ4v) is 2.47. The maximum Gasteiger partial charge on any atom is 0.225 e. The third-order valence-corrected chi connectivity index (χ3v) is 3.60. The molecular weight excluding hydrogens is 256 g/mol. The Hall–Kier alpha value is -0.910. The molecule has 2 aromatic heterocycles. The van der Waals surface area contributed by atoms with Crippen molar-refractivity contribution >= 4 is 39.0 Å². The van der Waals surface area contributed by atoms with Crippen molar-refractivity contribution in [1.29, 1.82) is 0 Å². The van der Waals surface area contributed by atoms with Crippen LogP contribution in [0.1, 0.15) is 6.92 Å². The number of anilines is 1. The van der Waals surface area contributed by atoms with Crippen molar-refractivity contribution in [3.8, 4) is 0 Å². The van der Waals surface area contributed by atoms with Crippen molar-refractivity contribution in [1.82, 2.24) is 14.9 Å². The summed E-state index contributed by atoms with van der Waals surface area (Å²) in [5, 5.41) is 6.65. The van der Waals surface area contributed by atoms with Crippen molar-refractivity contribution in [3.05, 3.63) is 16.7 Å². The van der Waals surface area contributed by atoms with Crippen molar-refractivity contribution in [2.75, 3.05) is 32.0 Å². The molecule has 0 fully saturated rings. The van der Waals surface area contributed by atoms with Gasteiger partial charge in [-0.1, -0.05) is 6.92 Å². The average molecular weight is 271 g/mol. The molecular formula is C11H15ClN4S. The van der Waals surface area contributed by atoms with Gasteiger partial charge in [0.25, 0.3) is 0 Å². The summed E-state index contributed by atoms with van der Waals surface area (Å²) in [5.41, 5.74) is 0. The normalized spacial score (nSPS) is 11.3. The zero-order valence-corrected chi connectivity index (χ0v) is 11.5. The highest BCUT2D eigenvalue weighted by molar-refractivity contribution is 7.16. The van der Waals surface area contributed by atoms with Gasteiger partial charge in [0, 0.05) is 13.1 Å². The van der Waals surface area contributed by atoms with Crippen LogP contribution in [0.3, 0.4) is 0 Å². The molecule has 0 aromatic carbocycles. The van der Waals surface area contributed by atoms with Gasteiger partial charge in [0.1, 0.15) is 10.6 Å². The van der Waals surface area contributed by atoms with E-state index < -0.39 is 0 Å². The second-order valence-corrected chi connectivity index (χ2v) is 5.04. The zero-order chi connectivity index (χ0) is 12.3. The summed E-state index contributed by atoms with van der Waals surface area (Å²) in [4.78, 5) is 11.6. The van der Waals surface area contributed by atoms with E-state index in [4.69, 9.17) is 11.6 Å². The largest absolute Gasteiger partial charge is 0.368 e. The van der Waals surface area contributed by atoms with Crippen molar-refractivity contribution in [2.45, 2.75) is 6.92 Å². The topological polar surface area (TPSA) is 41.0 Å². The highest BCUT2D eigenvalue weighted by Gasteiger charge is 2.07. The van der Waals surface area contributed by atoms with Gasteiger partial charge >= 0.3 is 0 Å². The number of halogens is 1. The van der Waals surface area contributed by atoms with Gasteiger partial charge in [-0.2, -0.15) is 0 Å². The first-order chi connectivity index (χ1) is 8.20. The number of thiophene rings is 1. The summed E-state index contributed by atoms with van der Waals surface area (Å²) >= 11 is 7.46. The van der Waals surface area contributed by atoms with Gasteiger partial charge in [-0.05, 0) is 36.6 Å². The molecule has 92 valence electrons. The van der Waals surface area contributed by atoms with E-state index in [0.717, 1.165) is 35.7 Å². The maximum atomic E-state index is 5.88. The van der Waals surface area contributed by atoms with E-state index in [0.29, 0.717) is 5.28 Å². The molecule has 17 heavy (non-hydrogen) atoms. The van der Waals surface area contributed by atoms with Gasteiger partial charge in [0.05, 0.1) is 5.39 Å². The molecule has 0 saturated carbocycles. The fraction of sp³-hybridized carbons (Fsp3) is 0.455. The van der Waals surface area contributed by atoms with Crippen LogP contribution >= 0.6 is 22.9 Å². The monoisotopic (exact) mass is 270 g/mol. The van der Waals surface area contributed by atoms with Crippen LogP contribution in [0, 0.1) is 0 Å². The van der Waals surface area contributed by atoms with E-state index in [1.165, 1.54) is 0 Å². The lowest BCUT2D eigenvalue weighted by atomic mass is 10.4. The van der Waals surface area contributed by atoms with E-state index in [-0.39, 0.29) is 0 Å². The second-order valence-electron chi connectivity index (χ2n) is 3.80. The smallest absolute Gasteiger partial charge is 0.225 e. The standard InChI is InChI=1S/C11H15ClN4S/c1-3-16(2)6-5-13-9-8-4-7-17-10(8)15-11(12)14-9/h4,7H,3,5-6H2,1-2H3,(H,13,14,15). The van der Waals surface area contributed by atoms with Gasteiger partial charge in [-0.3, -0.25) is 0 Å². The van der Waals surface area contributed by atoms with Gasteiger partial charge in [0.15, 0.2) is 0 Å². The van der Waals surface area contributed by atoms with Crippen LogP contribution in [-0.2, 0) is 0 Å². The Labute approximate surface area is 110 Å². The van der Waals surface area contributed by atoms with Gasteiger partial charge in [0.2, 0.25) is 5.28 Å². The first kappa shape index (κ1) is 12.5. The van der Waals surface area contributed by atoms with Crippen molar-refractivity contribution in [2.24, 2.45) is 0 Å². The van der Waals surface area contributed by atoms with Crippen LogP contribution < -0.4 is 5.32 Å². The molecule has 0 aliphatic heterocycles. The molecule has 0 aliphatic rings. The van der Waals surface area contributed by atoms with Crippen molar-refractivity contribution < 1.29 is 0 Å². The quantitative estimate of drug-likeness (QED) is 0.849. The minimum atomic E-state index is 0.297. The number of hydrogen-bond acceptors (Lipinski definition) is 5. The average Bonchev–Trinajstić information content (AvgIpc) is 2.76. The molecule has 1 N–H and O–H groups in total. The number of nitrogens with one attached hydrogen (secondary N) is 1. The van der Waals surface area contributed by atoms with E-state index >= 15 is 0 Å². The maximum absolute atomic E-state index is 5.88. The summed E-state index contributed by atoms with van der Waals surface area (Å²) < 4.78 is 0. The first-order valence-electron chi connectivity index (χ1n) is 5.54. The summed E-state index contributed by atoms with van der Waals surface area (Å²) in [6.07, 6.45) is 0. The number of nitrogens with zero attached hydrogens (tertiary/aromatic N) is 3. The molecule has 0 amide bonds. The lowest BCUT2D eigenvalue weighted by Gasteiger charge is -2.14. The van der Waals surface area contributed by atoms with E-state index in [1.807, 2.05) is 11.4 Å². The lowest BCUT2D eigenvalue weighted by molar-refractivity contribution is 0.367. The molecule has 0 saturated heterocycles. The van der Waals surface area contributed by atoms with Crippen molar-refractivity contribution in [3.63, 3.8) is 0 Å². The first-order valence-corrected chi connectivity index (χ1v) is 6.79. The number of hydrogen-bond donors (Lipinski definition) is 1. The number of aromatic nitrogens is 2. The molecule has 2 rings (SSSR count). The Morgan fingerprint density at radius 3 is 3.06 bits per heavy atom. The molecule has 0 unspecified atom stereocenters. The Morgan fingerprint density at radius 1 is 1.47 bits per heavy atom. The predicted octanol–water partition coefficient (Wildman–Crippen LogP) is 2.71. The van der Waals surface area contributed by atoms with Crippen LogP contribution in [0.5, 0.6) is 0 Å². The molecule has 2 heterocycles. The van der Waals surface area contributed by atoms with Crippen LogP contribution in [0.15, 0.2) is 11.4 Å². The van der Waals surface area contributed by atoms with E-state index in [2.05, 4.69) is 34.2 Å². The highest BCUT2D eigenvalue weighted by atomic mass is 35.5. The Morgan fingerprint density at radius 2 is 2.29 bits per heavy atom. The molecule has 0 aliphatic carbocycles. The summed E-state index contributed by atoms with van der Waals surface area (Å²) in [6.45, 7) is 5.01. The molecule has 0 radical (unpaired) electrons.